The van der Waals surface area contributed by atoms with Crippen molar-refractivity contribution < 1.29 is 9.47 Å². The average molecular weight is 507 g/mol. The Kier molecular flexibility index (Phi) is 6.83. The Bertz CT molecular complexity index is 1020. The summed E-state index contributed by atoms with van der Waals surface area (Å²) in [6.07, 6.45) is 4.95. The quantitative estimate of drug-likeness (QED) is 0.327. The third-order valence-corrected chi connectivity index (χ3v) is 4.82. The van der Waals surface area contributed by atoms with Gasteiger partial charge in [0.1, 0.15) is 5.65 Å². The summed E-state index contributed by atoms with van der Waals surface area (Å²) < 4.78 is 12.9. The van der Waals surface area contributed by atoms with E-state index >= 15 is 0 Å². The molecule has 1 aliphatic rings. The fourth-order valence-corrected chi connectivity index (χ4v) is 3.40. The fraction of sp³-hybridized carbons (Fsp3) is 0.333. The first kappa shape index (κ1) is 21.2. The number of ether oxygens (including phenoxy) is 2. The number of hydrogen-bond acceptors (Lipinski definition) is 4. The molecule has 1 N–H and O–H groups in total. The lowest BCUT2D eigenvalue weighted by Crippen LogP contribution is -2.39. The zero-order chi connectivity index (χ0) is 19.5. The maximum atomic E-state index is 5.46. The van der Waals surface area contributed by atoms with Crippen molar-refractivity contribution in [2.45, 2.75) is 19.9 Å². The van der Waals surface area contributed by atoms with Crippen molar-refractivity contribution in [3.8, 4) is 11.5 Å². The van der Waals surface area contributed by atoms with Gasteiger partial charge in [-0.1, -0.05) is 12.1 Å². The molecule has 0 aliphatic carbocycles. The summed E-state index contributed by atoms with van der Waals surface area (Å²) in [6.45, 7) is 3.86. The standard InChI is InChI=1S/C21H25N5O2.HI/c1-15-5-4-10-26-13-17(24-20(15)26)8-9-23-21(22-2)25(3)12-16-6-7-18-19(11-16)28-14-27-18;/h4-7,10-11,13H,8-9,12,14H2,1-3H3,(H,22,23);1H. The second-order valence-electron chi connectivity index (χ2n) is 6.92. The van der Waals surface area contributed by atoms with Gasteiger partial charge in [0.25, 0.3) is 0 Å². The number of benzene rings is 1. The maximum absolute atomic E-state index is 5.46. The first-order valence-corrected chi connectivity index (χ1v) is 9.37. The molecule has 0 saturated heterocycles. The van der Waals surface area contributed by atoms with Crippen LogP contribution in [0.2, 0.25) is 0 Å². The van der Waals surface area contributed by atoms with Crippen molar-refractivity contribution in [1.29, 1.82) is 0 Å². The van der Waals surface area contributed by atoms with Gasteiger partial charge in [0, 0.05) is 46.0 Å². The van der Waals surface area contributed by atoms with Crippen LogP contribution in [0, 0.1) is 6.92 Å². The van der Waals surface area contributed by atoms with Crippen molar-refractivity contribution in [2.75, 3.05) is 27.4 Å². The summed E-state index contributed by atoms with van der Waals surface area (Å²) in [5.74, 6) is 2.45. The van der Waals surface area contributed by atoms with Crippen LogP contribution in [0.25, 0.3) is 5.65 Å². The second-order valence-corrected chi connectivity index (χ2v) is 6.92. The van der Waals surface area contributed by atoms with Crippen molar-refractivity contribution in [3.63, 3.8) is 0 Å². The number of nitrogens with zero attached hydrogens (tertiary/aromatic N) is 4. The molecule has 0 radical (unpaired) electrons. The Balaban J connectivity index is 0.00000240. The lowest BCUT2D eigenvalue weighted by Gasteiger charge is -2.22. The molecular weight excluding hydrogens is 481 g/mol. The van der Waals surface area contributed by atoms with E-state index in [-0.39, 0.29) is 24.0 Å². The van der Waals surface area contributed by atoms with Crippen LogP contribution in [-0.2, 0) is 13.0 Å². The van der Waals surface area contributed by atoms with Gasteiger partial charge in [-0.05, 0) is 36.2 Å². The van der Waals surface area contributed by atoms with Crippen LogP contribution in [0.5, 0.6) is 11.5 Å². The first-order chi connectivity index (χ1) is 13.6. The highest BCUT2D eigenvalue weighted by Crippen LogP contribution is 2.32. The highest BCUT2D eigenvalue weighted by molar-refractivity contribution is 14.0. The highest BCUT2D eigenvalue weighted by atomic mass is 127. The number of aromatic nitrogens is 2. The molecule has 8 heteroatoms. The SMILES string of the molecule is CN=C(NCCc1cn2cccc(C)c2n1)N(C)Cc1ccc2c(c1)OCO2.I. The third-order valence-electron chi connectivity index (χ3n) is 4.82. The third kappa shape index (κ3) is 4.75. The number of rotatable bonds is 5. The molecule has 0 amide bonds. The van der Waals surface area contributed by atoms with Crippen LogP contribution < -0.4 is 14.8 Å². The van der Waals surface area contributed by atoms with Crippen LogP contribution in [0.1, 0.15) is 16.8 Å². The number of imidazole rings is 1. The average Bonchev–Trinajstić information content (AvgIpc) is 3.32. The monoisotopic (exact) mass is 507 g/mol. The molecule has 29 heavy (non-hydrogen) atoms. The van der Waals surface area contributed by atoms with E-state index in [0.717, 1.165) is 53.9 Å². The Labute approximate surface area is 187 Å². The van der Waals surface area contributed by atoms with Gasteiger partial charge in [0.15, 0.2) is 17.5 Å². The van der Waals surface area contributed by atoms with Crippen LogP contribution in [0.15, 0.2) is 47.7 Å². The molecule has 0 atom stereocenters. The smallest absolute Gasteiger partial charge is 0.231 e. The minimum absolute atomic E-state index is 0. The summed E-state index contributed by atoms with van der Waals surface area (Å²) >= 11 is 0. The molecule has 7 nitrogen and oxygen atoms in total. The maximum Gasteiger partial charge on any atom is 0.231 e. The van der Waals surface area contributed by atoms with Gasteiger partial charge >= 0.3 is 0 Å². The molecule has 0 saturated carbocycles. The number of pyridine rings is 1. The predicted octanol–water partition coefficient (Wildman–Crippen LogP) is 3.24. The Morgan fingerprint density at radius 3 is 2.90 bits per heavy atom. The second kappa shape index (κ2) is 9.34. The van der Waals surface area contributed by atoms with Crippen molar-refractivity contribution >= 4 is 35.6 Å². The Hall–Kier alpha value is -2.49. The summed E-state index contributed by atoms with van der Waals surface area (Å²) in [6, 6.07) is 10.1. The number of aryl methyl sites for hydroxylation is 1. The van der Waals surface area contributed by atoms with Gasteiger partial charge < -0.3 is 24.1 Å². The molecule has 1 aliphatic heterocycles. The van der Waals surface area contributed by atoms with Gasteiger partial charge in [0.2, 0.25) is 6.79 Å². The Morgan fingerprint density at radius 1 is 1.28 bits per heavy atom. The summed E-state index contributed by atoms with van der Waals surface area (Å²) in [5, 5.41) is 3.42. The number of halogens is 1. The summed E-state index contributed by atoms with van der Waals surface area (Å²) in [4.78, 5) is 11.2. The first-order valence-electron chi connectivity index (χ1n) is 9.37. The van der Waals surface area contributed by atoms with Crippen molar-refractivity contribution in [2.24, 2.45) is 4.99 Å². The minimum Gasteiger partial charge on any atom is -0.454 e. The fourth-order valence-electron chi connectivity index (χ4n) is 3.40. The molecule has 3 heterocycles. The number of guanidine groups is 1. The van der Waals surface area contributed by atoms with Crippen LogP contribution >= 0.6 is 24.0 Å². The lowest BCUT2D eigenvalue weighted by atomic mass is 10.2. The summed E-state index contributed by atoms with van der Waals surface area (Å²) in [7, 11) is 3.82. The predicted molar refractivity (Wildman–Crippen MR) is 124 cm³/mol. The van der Waals surface area contributed by atoms with Gasteiger partial charge in [-0.2, -0.15) is 0 Å². The van der Waals surface area contributed by atoms with E-state index in [1.165, 1.54) is 5.56 Å². The van der Waals surface area contributed by atoms with E-state index in [1.54, 1.807) is 7.05 Å². The molecule has 4 rings (SSSR count). The van der Waals surface area contributed by atoms with Crippen LogP contribution in [-0.4, -0.2) is 47.7 Å². The Morgan fingerprint density at radius 2 is 2.10 bits per heavy atom. The highest BCUT2D eigenvalue weighted by Gasteiger charge is 2.14. The molecule has 1 aromatic carbocycles. The van der Waals surface area contributed by atoms with Gasteiger partial charge in [-0.15, -0.1) is 24.0 Å². The van der Waals surface area contributed by atoms with E-state index in [9.17, 15) is 0 Å². The van der Waals surface area contributed by atoms with Crippen molar-refractivity contribution in [3.05, 3.63) is 59.5 Å². The summed E-state index contributed by atoms with van der Waals surface area (Å²) in [5.41, 5.74) is 4.41. The minimum atomic E-state index is 0. The number of nitrogens with one attached hydrogen (secondary N) is 1. The lowest BCUT2D eigenvalue weighted by molar-refractivity contribution is 0.174. The van der Waals surface area contributed by atoms with Gasteiger partial charge in [-0.3, -0.25) is 4.99 Å². The van der Waals surface area contributed by atoms with Crippen LogP contribution in [0.4, 0.5) is 0 Å². The number of aliphatic imine (C=N–C) groups is 1. The molecule has 0 unspecified atom stereocenters. The normalized spacial score (nSPS) is 12.7. The molecule has 154 valence electrons. The number of hydrogen-bond donors (Lipinski definition) is 1. The molecule has 3 aromatic rings. The van der Waals surface area contributed by atoms with E-state index in [0.29, 0.717) is 6.79 Å². The molecule has 0 spiro atoms. The van der Waals surface area contributed by atoms with E-state index in [2.05, 4.69) is 44.9 Å². The van der Waals surface area contributed by atoms with Gasteiger partial charge in [-0.25, -0.2) is 4.98 Å². The largest absolute Gasteiger partial charge is 0.454 e. The molecule has 0 fully saturated rings. The van der Waals surface area contributed by atoms with Crippen molar-refractivity contribution in [1.82, 2.24) is 19.6 Å². The molecule has 2 aromatic heterocycles. The zero-order valence-corrected chi connectivity index (χ0v) is 19.2. The van der Waals surface area contributed by atoms with Gasteiger partial charge in [0.05, 0.1) is 5.69 Å². The molecule has 0 bridgehead atoms. The topological polar surface area (TPSA) is 63.4 Å². The number of fused-ring (bicyclic) bond motifs is 2. The van der Waals surface area contributed by atoms with E-state index in [4.69, 9.17) is 14.5 Å². The van der Waals surface area contributed by atoms with E-state index < -0.39 is 0 Å². The van der Waals surface area contributed by atoms with Crippen LogP contribution in [0.3, 0.4) is 0 Å². The molecular formula is C21H26IN5O2. The van der Waals surface area contributed by atoms with E-state index in [1.807, 2.05) is 31.4 Å². The zero-order valence-electron chi connectivity index (χ0n) is 16.9.